The van der Waals surface area contributed by atoms with Gasteiger partial charge in [0.05, 0.1) is 5.54 Å². The molecule has 1 aliphatic rings. The van der Waals surface area contributed by atoms with Crippen molar-refractivity contribution < 1.29 is 13.6 Å². The van der Waals surface area contributed by atoms with E-state index in [-0.39, 0.29) is 5.84 Å². The predicted octanol–water partition coefficient (Wildman–Crippen LogP) is -0.284. The lowest BCUT2D eigenvalue weighted by Gasteiger charge is -2.43. The Balaban J connectivity index is 2.77. The molecule has 124 valence electrons. The standard InChI is InChI=1S/C12H27N5O3S/c1-5-16(6-2)21(19,20)17-9-7-15(8-10-17)12(3,4)11(13)14-18/h18H,5-10H2,1-4H3,(H2,13,14). The van der Waals surface area contributed by atoms with Gasteiger partial charge in [-0.2, -0.15) is 17.0 Å². The summed E-state index contributed by atoms with van der Waals surface area (Å²) < 4.78 is 27.8. The Labute approximate surface area is 127 Å². The molecule has 0 aromatic heterocycles. The first kappa shape index (κ1) is 18.1. The molecule has 1 aliphatic heterocycles. The highest BCUT2D eigenvalue weighted by Gasteiger charge is 2.37. The van der Waals surface area contributed by atoms with Crippen LogP contribution < -0.4 is 5.73 Å². The average molecular weight is 321 g/mol. The SMILES string of the molecule is CCN(CC)S(=O)(=O)N1CCN(C(C)(C)C(N)=NO)CC1. The largest absolute Gasteiger partial charge is 0.409 e. The van der Waals surface area contributed by atoms with E-state index in [1.807, 2.05) is 32.6 Å². The number of nitrogens with two attached hydrogens (primary N) is 1. The van der Waals surface area contributed by atoms with Crippen molar-refractivity contribution in [2.24, 2.45) is 10.9 Å². The second kappa shape index (κ2) is 6.91. The Kier molecular flexibility index (Phi) is 5.97. The number of hydrogen-bond donors (Lipinski definition) is 2. The van der Waals surface area contributed by atoms with E-state index in [1.54, 1.807) is 0 Å². The minimum Gasteiger partial charge on any atom is -0.409 e. The number of piperazine rings is 1. The zero-order valence-corrected chi connectivity index (χ0v) is 14.1. The highest BCUT2D eigenvalue weighted by molar-refractivity contribution is 7.86. The van der Waals surface area contributed by atoms with Crippen LogP contribution in [0.25, 0.3) is 0 Å². The van der Waals surface area contributed by atoms with Gasteiger partial charge in [0.1, 0.15) is 0 Å². The fraction of sp³-hybridized carbons (Fsp3) is 0.917. The highest BCUT2D eigenvalue weighted by Crippen LogP contribution is 2.19. The molecule has 1 heterocycles. The Bertz CT molecular complexity index is 465. The van der Waals surface area contributed by atoms with Crippen LogP contribution in [0.5, 0.6) is 0 Å². The van der Waals surface area contributed by atoms with E-state index < -0.39 is 15.7 Å². The zero-order valence-electron chi connectivity index (χ0n) is 13.3. The average Bonchev–Trinajstić information content (AvgIpc) is 2.47. The van der Waals surface area contributed by atoms with Crippen LogP contribution in [0.2, 0.25) is 0 Å². The lowest BCUT2D eigenvalue weighted by atomic mass is 10.0. The molecule has 0 aromatic rings. The molecule has 21 heavy (non-hydrogen) atoms. The first-order chi connectivity index (χ1) is 9.71. The van der Waals surface area contributed by atoms with Gasteiger partial charge in [0, 0.05) is 39.3 Å². The lowest BCUT2D eigenvalue weighted by Crippen LogP contribution is -2.61. The minimum absolute atomic E-state index is 0.127. The maximum Gasteiger partial charge on any atom is 0.282 e. The number of rotatable bonds is 6. The van der Waals surface area contributed by atoms with E-state index in [0.29, 0.717) is 39.3 Å². The Morgan fingerprint density at radius 2 is 1.71 bits per heavy atom. The number of oxime groups is 1. The predicted molar refractivity (Wildman–Crippen MR) is 82.5 cm³/mol. The van der Waals surface area contributed by atoms with Gasteiger partial charge in [-0.15, -0.1) is 0 Å². The summed E-state index contributed by atoms with van der Waals surface area (Å²) in [6.45, 7) is 10.2. The molecule has 0 bridgehead atoms. The van der Waals surface area contributed by atoms with Gasteiger partial charge < -0.3 is 10.9 Å². The summed E-state index contributed by atoms with van der Waals surface area (Å²) in [7, 11) is -3.39. The van der Waals surface area contributed by atoms with Crippen LogP contribution in [0.15, 0.2) is 5.16 Å². The van der Waals surface area contributed by atoms with E-state index in [2.05, 4.69) is 5.16 Å². The molecule has 0 unspecified atom stereocenters. The van der Waals surface area contributed by atoms with Crippen LogP contribution in [0, 0.1) is 0 Å². The van der Waals surface area contributed by atoms with Crippen molar-refractivity contribution in [1.82, 2.24) is 13.5 Å². The number of hydrogen-bond acceptors (Lipinski definition) is 5. The Morgan fingerprint density at radius 1 is 1.24 bits per heavy atom. The lowest BCUT2D eigenvalue weighted by molar-refractivity contribution is 0.116. The maximum absolute atomic E-state index is 12.4. The molecule has 0 atom stereocenters. The van der Waals surface area contributed by atoms with E-state index in [1.165, 1.54) is 8.61 Å². The summed E-state index contributed by atoms with van der Waals surface area (Å²) >= 11 is 0. The van der Waals surface area contributed by atoms with Crippen LogP contribution in [0.4, 0.5) is 0 Å². The number of nitrogens with zero attached hydrogens (tertiary/aromatic N) is 4. The second-order valence-corrected chi connectivity index (χ2v) is 7.45. The summed E-state index contributed by atoms with van der Waals surface area (Å²) in [6, 6.07) is 0. The van der Waals surface area contributed by atoms with Crippen molar-refractivity contribution in [3.63, 3.8) is 0 Å². The fourth-order valence-electron chi connectivity index (χ4n) is 2.48. The van der Waals surface area contributed by atoms with Gasteiger partial charge >= 0.3 is 0 Å². The van der Waals surface area contributed by atoms with Gasteiger partial charge in [-0.25, -0.2) is 0 Å². The first-order valence-corrected chi connectivity index (χ1v) is 8.59. The minimum atomic E-state index is -3.39. The molecule has 0 aliphatic carbocycles. The van der Waals surface area contributed by atoms with Crippen molar-refractivity contribution in [2.75, 3.05) is 39.3 Å². The zero-order chi connectivity index (χ0) is 16.3. The molecule has 8 nitrogen and oxygen atoms in total. The van der Waals surface area contributed by atoms with Crippen molar-refractivity contribution in [3.8, 4) is 0 Å². The number of amidine groups is 1. The molecule has 1 rings (SSSR count). The molecule has 0 amide bonds. The molecule has 0 aromatic carbocycles. The van der Waals surface area contributed by atoms with Crippen molar-refractivity contribution in [1.29, 1.82) is 0 Å². The summed E-state index contributed by atoms with van der Waals surface area (Å²) in [4.78, 5) is 2.02. The molecular formula is C12H27N5O3S. The van der Waals surface area contributed by atoms with Crippen molar-refractivity contribution in [2.45, 2.75) is 33.2 Å². The summed E-state index contributed by atoms with van der Waals surface area (Å²) in [5, 5.41) is 11.9. The van der Waals surface area contributed by atoms with Crippen molar-refractivity contribution >= 4 is 16.0 Å². The summed E-state index contributed by atoms with van der Waals surface area (Å²) in [5.74, 6) is 0.127. The second-order valence-electron chi connectivity index (χ2n) is 5.52. The molecular weight excluding hydrogens is 294 g/mol. The van der Waals surface area contributed by atoms with Crippen LogP contribution in [0.3, 0.4) is 0 Å². The smallest absolute Gasteiger partial charge is 0.282 e. The van der Waals surface area contributed by atoms with Gasteiger partial charge in [0.2, 0.25) is 0 Å². The van der Waals surface area contributed by atoms with Crippen LogP contribution >= 0.6 is 0 Å². The van der Waals surface area contributed by atoms with Crippen LogP contribution in [0.1, 0.15) is 27.7 Å². The van der Waals surface area contributed by atoms with Gasteiger partial charge in [0.25, 0.3) is 10.2 Å². The van der Waals surface area contributed by atoms with Gasteiger partial charge in [0.15, 0.2) is 5.84 Å². The van der Waals surface area contributed by atoms with Gasteiger partial charge in [-0.1, -0.05) is 19.0 Å². The molecule has 1 fully saturated rings. The third-order valence-electron chi connectivity index (χ3n) is 4.12. The Hall–Kier alpha value is -0.900. The summed E-state index contributed by atoms with van der Waals surface area (Å²) in [5.41, 5.74) is 5.11. The van der Waals surface area contributed by atoms with Crippen LogP contribution in [-0.2, 0) is 10.2 Å². The monoisotopic (exact) mass is 321 g/mol. The maximum atomic E-state index is 12.4. The molecule has 0 radical (unpaired) electrons. The quantitative estimate of drug-likeness (QED) is 0.303. The van der Waals surface area contributed by atoms with Gasteiger partial charge in [-0.3, -0.25) is 4.90 Å². The normalized spacial score (nSPS) is 20.1. The van der Waals surface area contributed by atoms with Crippen LogP contribution in [-0.4, -0.2) is 77.8 Å². The van der Waals surface area contributed by atoms with E-state index in [9.17, 15) is 8.42 Å². The molecule has 0 spiro atoms. The van der Waals surface area contributed by atoms with E-state index in [0.717, 1.165) is 0 Å². The van der Waals surface area contributed by atoms with E-state index >= 15 is 0 Å². The third-order valence-corrected chi connectivity index (χ3v) is 6.31. The van der Waals surface area contributed by atoms with E-state index in [4.69, 9.17) is 10.9 Å². The molecule has 0 saturated carbocycles. The molecule has 1 saturated heterocycles. The van der Waals surface area contributed by atoms with Gasteiger partial charge in [-0.05, 0) is 13.8 Å². The fourth-order valence-corrected chi connectivity index (χ4v) is 4.08. The Morgan fingerprint density at radius 3 is 2.10 bits per heavy atom. The van der Waals surface area contributed by atoms with Crippen molar-refractivity contribution in [3.05, 3.63) is 0 Å². The first-order valence-electron chi connectivity index (χ1n) is 7.20. The molecule has 9 heteroatoms. The third kappa shape index (κ3) is 3.65. The molecule has 3 N–H and O–H groups in total. The highest BCUT2D eigenvalue weighted by atomic mass is 32.2. The topological polar surface area (TPSA) is 102 Å². The summed E-state index contributed by atoms with van der Waals surface area (Å²) in [6.07, 6.45) is 0.